The lowest BCUT2D eigenvalue weighted by atomic mass is 10.1. The summed E-state index contributed by atoms with van der Waals surface area (Å²) in [6.45, 7) is 7.04. The lowest BCUT2D eigenvalue weighted by Gasteiger charge is -2.36. The summed E-state index contributed by atoms with van der Waals surface area (Å²) < 4.78 is 7.40. The Kier molecular flexibility index (Phi) is 5.35. The number of rotatable bonds is 4. The Hall–Kier alpha value is -3.32. The highest BCUT2D eigenvalue weighted by atomic mass is 32.1. The fraction of sp³-hybridized carbons (Fsp3) is 0.280. The zero-order chi connectivity index (χ0) is 22.2. The van der Waals surface area contributed by atoms with Gasteiger partial charge in [-0.25, -0.2) is 4.98 Å². The molecule has 4 heterocycles. The molecule has 32 heavy (non-hydrogen) atoms. The summed E-state index contributed by atoms with van der Waals surface area (Å²) in [6.07, 6.45) is 4.00. The van der Waals surface area contributed by atoms with Gasteiger partial charge in [-0.1, -0.05) is 6.07 Å². The van der Waals surface area contributed by atoms with Crippen molar-refractivity contribution in [3.8, 4) is 11.4 Å². The van der Waals surface area contributed by atoms with Crippen molar-refractivity contribution in [3.63, 3.8) is 0 Å². The highest BCUT2D eigenvalue weighted by molar-refractivity contribution is 7.21. The smallest absolute Gasteiger partial charge is 0.266 e. The van der Waals surface area contributed by atoms with Crippen LogP contribution in [0, 0.1) is 13.8 Å². The first-order valence-electron chi connectivity index (χ1n) is 10.8. The van der Waals surface area contributed by atoms with Crippen LogP contribution in [0.5, 0.6) is 5.75 Å². The van der Waals surface area contributed by atoms with Crippen molar-refractivity contribution in [2.75, 3.05) is 38.2 Å². The van der Waals surface area contributed by atoms with Crippen molar-refractivity contribution in [1.82, 2.24) is 14.5 Å². The third kappa shape index (κ3) is 3.62. The largest absolute Gasteiger partial charge is 0.497 e. The number of ether oxygens (including phenoxy) is 1. The zero-order valence-electron chi connectivity index (χ0n) is 18.5. The van der Waals surface area contributed by atoms with Crippen LogP contribution in [-0.4, -0.2) is 53.6 Å². The number of fused-ring (bicyclic) bond motifs is 1. The maximum Gasteiger partial charge on any atom is 0.266 e. The summed E-state index contributed by atoms with van der Waals surface area (Å²) in [7, 11) is 1.68. The number of aromatic nitrogens is 2. The van der Waals surface area contributed by atoms with Gasteiger partial charge in [-0.3, -0.25) is 4.79 Å². The number of hydrogen-bond acceptors (Lipinski definition) is 5. The Balaban J connectivity index is 1.44. The van der Waals surface area contributed by atoms with Gasteiger partial charge in [0.25, 0.3) is 5.91 Å². The zero-order valence-corrected chi connectivity index (χ0v) is 19.4. The minimum absolute atomic E-state index is 0.0824. The number of benzene rings is 1. The lowest BCUT2D eigenvalue weighted by Crippen LogP contribution is -2.48. The molecule has 4 aromatic rings. The normalized spacial score (nSPS) is 14.2. The molecular formula is C25H26N4O2S. The summed E-state index contributed by atoms with van der Waals surface area (Å²) in [6, 6.07) is 14.2. The van der Waals surface area contributed by atoms with Crippen LogP contribution in [0.15, 0.2) is 54.9 Å². The van der Waals surface area contributed by atoms with E-state index < -0.39 is 0 Å². The Morgan fingerprint density at radius 1 is 1.03 bits per heavy atom. The summed E-state index contributed by atoms with van der Waals surface area (Å²) in [5, 5.41) is 1.06. The van der Waals surface area contributed by atoms with E-state index in [1.165, 1.54) is 11.3 Å². The van der Waals surface area contributed by atoms with Crippen molar-refractivity contribution in [2.45, 2.75) is 13.8 Å². The van der Waals surface area contributed by atoms with E-state index in [4.69, 9.17) is 9.72 Å². The molecule has 1 amide bonds. The van der Waals surface area contributed by atoms with Crippen molar-refractivity contribution in [1.29, 1.82) is 0 Å². The molecule has 1 aliphatic heterocycles. The van der Waals surface area contributed by atoms with Crippen LogP contribution < -0.4 is 9.64 Å². The topological polar surface area (TPSA) is 50.6 Å². The van der Waals surface area contributed by atoms with E-state index in [0.29, 0.717) is 13.1 Å². The van der Waals surface area contributed by atoms with Crippen LogP contribution in [0.4, 0.5) is 5.69 Å². The van der Waals surface area contributed by atoms with E-state index in [2.05, 4.69) is 24.0 Å². The molecule has 0 radical (unpaired) electrons. The lowest BCUT2D eigenvalue weighted by molar-refractivity contribution is 0.0751. The third-order valence-corrected chi connectivity index (χ3v) is 7.07. The molecule has 1 aliphatic rings. The summed E-state index contributed by atoms with van der Waals surface area (Å²) in [5.74, 6) is 0.930. The molecule has 0 saturated carbocycles. The maximum absolute atomic E-state index is 13.7. The van der Waals surface area contributed by atoms with E-state index >= 15 is 0 Å². The standard InChI is InChI=1S/C25H26N4O2S/c1-17-15-18(2)26-24-21(17)22(28-9-4-5-10-28)23(32-24)25(30)29-13-11-27(12-14-29)19-7-6-8-20(16-19)31-3/h4-10,15-16H,11-14H2,1-3H3. The average molecular weight is 447 g/mol. The molecule has 3 aromatic heterocycles. The molecule has 0 aliphatic carbocycles. The number of amides is 1. The van der Waals surface area contributed by atoms with Gasteiger partial charge < -0.3 is 19.1 Å². The van der Waals surface area contributed by atoms with E-state index in [-0.39, 0.29) is 5.91 Å². The fourth-order valence-corrected chi connectivity index (χ4v) is 5.68. The predicted octanol–water partition coefficient (Wildman–Crippen LogP) is 4.67. The minimum Gasteiger partial charge on any atom is -0.497 e. The molecular weight excluding hydrogens is 420 g/mol. The van der Waals surface area contributed by atoms with Crippen LogP contribution >= 0.6 is 11.3 Å². The van der Waals surface area contributed by atoms with Crippen molar-refractivity contribution >= 4 is 33.1 Å². The molecule has 0 atom stereocenters. The molecule has 0 bridgehead atoms. The average Bonchev–Trinajstić information content (AvgIpc) is 3.46. The second-order valence-corrected chi connectivity index (χ2v) is 9.11. The fourth-order valence-electron chi connectivity index (χ4n) is 4.42. The number of carbonyl (C=O) groups is 1. The van der Waals surface area contributed by atoms with Crippen molar-refractivity contribution in [2.24, 2.45) is 0 Å². The number of hydrogen-bond donors (Lipinski definition) is 0. The number of methoxy groups -OCH3 is 1. The number of piperazine rings is 1. The van der Waals surface area contributed by atoms with Crippen LogP contribution in [0.25, 0.3) is 15.9 Å². The molecule has 1 saturated heterocycles. The van der Waals surface area contributed by atoms with Gasteiger partial charge in [-0.15, -0.1) is 11.3 Å². The summed E-state index contributed by atoms with van der Waals surface area (Å²) >= 11 is 1.50. The van der Waals surface area contributed by atoms with Crippen LogP contribution in [0.1, 0.15) is 20.9 Å². The van der Waals surface area contributed by atoms with Gasteiger partial charge in [0.1, 0.15) is 15.5 Å². The summed E-state index contributed by atoms with van der Waals surface area (Å²) in [5.41, 5.74) is 4.19. The first kappa shape index (κ1) is 20.6. The number of thiophene rings is 1. The molecule has 0 N–H and O–H groups in total. The Morgan fingerprint density at radius 2 is 1.78 bits per heavy atom. The number of aryl methyl sites for hydroxylation is 2. The van der Waals surface area contributed by atoms with Crippen molar-refractivity contribution in [3.05, 3.63) is 71.0 Å². The molecule has 5 rings (SSSR count). The third-order valence-electron chi connectivity index (χ3n) is 6.00. The summed E-state index contributed by atoms with van der Waals surface area (Å²) in [4.78, 5) is 24.4. The monoisotopic (exact) mass is 446 g/mol. The van der Waals surface area contributed by atoms with Gasteiger partial charge >= 0.3 is 0 Å². The molecule has 6 nitrogen and oxygen atoms in total. The van der Waals surface area contributed by atoms with Gasteiger partial charge in [0, 0.05) is 61.4 Å². The first-order chi connectivity index (χ1) is 15.5. The SMILES string of the molecule is COc1cccc(N2CCN(C(=O)c3sc4nc(C)cc(C)c4c3-n3cccc3)CC2)c1. The number of carbonyl (C=O) groups excluding carboxylic acids is 1. The number of nitrogens with zero attached hydrogens (tertiary/aromatic N) is 4. The second-order valence-electron chi connectivity index (χ2n) is 8.11. The Morgan fingerprint density at radius 3 is 2.50 bits per heavy atom. The van der Waals surface area contributed by atoms with Gasteiger partial charge in [0.05, 0.1) is 12.8 Å². The van der Waals surface area contributed by atoms with E-state index in [9.17, 15) is 4.79 Å². The molecule has 164 valence electrons. The maximum atomic E-state index is 13.7. The molecule has 1 aromatic carbocycles. The molecule has 0 unspecified atom stereocenters. The highest BCUT2D eigenvalue weighted by Gasteiger charge is 2.28. The number of pyridine rings is 1. The van der Waals surface area contributed by atoms with E-state index in [1.54, 1.807) is 7.11 Å². The quantitative estimate of drug-likeness (QED) is 0.457. The van der Waals surface area contributed by atoms with Crippen LogP contribution in [0.2, 0.25) is 0 Å². The van der Waals surface area contributed by atoms with Crippen LogP contribution in [0.3, 0.4) is 0 Å². The highest BCUT2D eigenvalue weighted by Crippen LogP contribution is 2.37. The van der Waals surface area contributed by atoms with Gasteiger partial charge in [-0.05, 0) is 49.7 Å². The predicted molar refractivity (Wildman–Crippen MR) is 130 cm³/mol. The molecule has 0 spiro atoms. The molecule has 1 fully saturated rings. The van der Waals surface area contributed by atoms with Crippen LogP contribution in [-0.2, 0) is 0 Å². The van der Waals surface area contributed by atoms with Gasteiger partial charge in [0.15, 0.2) is 0 Å². The minimum atomic E-state index is 0.0824. The second kappa shape index (κ2) is 8.31. The Labute approximate surface area is 191 Å². The number of anilines is 1. The molecule has 7 heteroatoms. The van der Waals surface area contributed by atoms with Crippen molar-refractivity contribution < 1.29 is 9.53 Å². The van der Waals surface area contributed by atoms with Gasteiger partial charge in [0.2, 0.25) is 0 Å². The Bertz CT molecular complexity index is 1270. The van der Waals surface area contributed by atoms with E-state index in [1.807, 2.05) is 59.1 Å². The first-order valence-corrected chi connectivity index (χ1v) is 11.6. The van der Waals surface area contributed by atoms with Gasteiger partial charge in [-0.2, -0.15) is 0 Å². The van der Waals surface area contributed by atoms with E-state index in [0.717, 1.165) is 56.6 Å².